The van der Waals surface area contributed by atoms with Gasteiger partial charge in [-0.15, -0.1) is 5.10 Å². The van der Waals surface area contributed by atoms with Crippen molar-refractivity contribution in [3.63, 3.8) is 0 Å². The average molecular weight is 235 g/mol. The predicted molar refractivity (Wildman–Crippen MR) is 57.7 cm³/mol. The highest BCUT2D eigenvalue weighted by Crippen LogP contribution is 2.20. The summed E-state index contributed by atoms with van der Waals surface area (Å²) in [6.07, 6.45) is 0. The molecule has 0 aliphatic heterocycles. The highest BCUT2D eigenvalue weighted by molar-refractivity contribution is 5.93. The van der Waals surface area contributed by atoms with Crippen LogP contribution in [0.5, 0.6) is 0 Å². The van der Waals surface area contributed by atoms with Crippen molar-refractivity contribution < 1.29 is 13.9 Å². The van der Waals surface area contributed by atoms with Crippen molar-refractivity contribution in [2.75, 3.05) is 6.61 Å². The van der Waals surface area contributed by atoms with Crippen LogP contribution in [0.4, 0.5) is 4.39 Å². The quantitative estimate of drug-likeness (QED) is 0.823. The number of nitrogens with one attached hydrogen (secondary N) is 1. The summed E-state index contributed by atoms with van der Waals surface area (Å²) in [6.45, 7) is 1.94. The molecule has 17 heavy (non-hydrogen) atoms. The van der Waals surface area contributed by atoms with Crippen LogP contribution in [0.3, 0.4) is 0 Å². The Labute approximate surface area is 96.6 Å². The van der Waals surface area contributed by atoms with Gasteiger partial charge in [-0.1, -0.05) is 12.1 Å². The summed E-state index contributed by atoms with van der Waals surface area (Å²) < 4.78 is 17.9. The average Bonchev–Trinajstić information content (AvgIpc) is 2.78. The summed E-state index contributed by atoms with van der Waals surface area (Å²) in [6, 6.07) is 5.77. The molecule has 0 spiro atoms. The van der Waals surface area contributed by atoms with Crippen molar-refractivity contribution in [2.45, 2.75) is 6.92 Å². The van der Waals surface area contributed by atoms with Gasteiger partial charge in [0.05, 0.1) is 6.61 Å². The Hall–Kier alpha value is -2.24. The molecule has 0 unspecified atom stereocenters. The van der Waals surface area contributed by atoms with Gasteiger partial charge in [0.25, 0.3) is 0 Å². The molecule has 0 saturated carbocycles. The van der Waals surface area contributed by atoms with Crippen LogP contribution >= 0.6 is 0 Å². The number of aromatic nitrogens is 3. The number of esters is 1. The zero-order valence-corrected chi connectivity index (χ0v) is 9.11. The Morgan fingerprint density at radius 2 is 2.29 bits per heavy atom. The Kier molecular flexibility index (Phi) is 3.13. The van der Waals surface area contributed by atoms with Crippen molar-refractivity contribution >= 4 is 5.97 Å². The van der Waals surface area contributed by atoms with E-state index in [0.717, 1.165) is 0 Å². The molecular formula is C11H10FN3O2. The molecule has 0 bridgehead atoms. The van der Waals surface area contributed by atoms with E-state index in [1.807, 2.05) is 0 Å². The van der Waals surface area contributed by atoms with Crippen LogP contribution in [0, 0.1) is 5.82 Å². The van der Waals surface area contributed by atoms with Crippen molar-refractivity contribution in [1.29, 1.82) is 0 Å². The fraction of sp³-hybridized carbons (Fsp3) is 0.182. The number of nitrogens with zero attached hydrogens (tertiary/aromatic N) is 2. The third-order valence-corrected chi connectivity index (χ3v) is 2.11. The minimum absolute atomic E-state index is 0.0532. The van der Waals surface area contributed by atoms with E-state index in [0.29, 0.717) is 5.56 Å². The molecule has 1 heterocycles. The first-order valence-electron chi connectivity index (χ1n) is 5.06. The molecule has 1 aromatic carbocycles. The van der Waals surface area contributed by atoms with Gasteiger partial charge in [-0.3, -0.25) is 0 Å². The summed E-state index contributed by atoms with van der Waals surface area (Å²) in [5.41, 5.74) is 0.808. The molecule has 1 N–H and O–H groups in total. The molecule has 1 aromatic heterocycles. The summed E-state index contributed by atoms with van der Waals surface area (Å²) >= 11 is 0. The fourth-order valence-corrected chi connectivity index (χ4v) is 1.41. The lowest BCUT2D eigenvalue weighted by Crippen LogP contribution is -2.06. The molecule has 0 fully saturated rings. The summed E-state index contributed by atoms with van der Waals surface area (Å²) in [5.74, 6) is -0.985. The zero-order chi connectivity index (χ0) is 12.3. The van der Waals surface area contributed by atoms with Crippen LogP contribution in [0.15, 0.2) is 24.3 Å². The molecule has 0 aliphatic rings. The summed E-state index contributed by atoms with van der Waals surface area (Å²) in [4.78, 5) is 11.5. The van der Waals surface area contributed by atoms with E-state index in [1.54, 1.807) is 13.0 Å². The van der Waals surface area contributed by atoms with E-state index in [-0.39, 0.29) is 18.0 Å². The van der Waals surface area contributed by atoms with E-state index in [2.05, 4.69) is 15.4 Å². The third-order valence-electron chi connectivity index (χ3n) is 2.11. The van der Waals surface area contributed by atoms with Crippen LogP contribution < -0.4 is 0 Å². The SMILES string of the molecule is CCOC(=O)c1n[nH]nc1-c1cccc(F)c1. The van der Waals surface area contributed by atoms with Gasteiger partial charge in [0.1, 0.15) is 11.5 Å². The van der Waals surface area contributed by atoms with Gasteiger partial charge in [-0.2, -0.15) is 10.3 Å². The Bertz CT molecular complexity index is 539. The molecule has 0 amide bonds. The first kappa shape index (κ1) is 11.3. The molecule has 2 rings (SSSR count). The van der Waals surface area contributed by atoms with E-state index >= 15 is 0 Å². The van der Waals surface area contributed by atoms with Crippen LogP contribution in [-0.2, 0) is 4.74 Å². The second-order valence-corrected chi connectivity index (χ2v) is 3.25. The van der Waals surface area contributed by atoms with Crippen LogP contribution in [-0.4, -0.2) is 28.0 Å². The molecule has 0 radical (unpaired) electrons. The second kappa shape index (κ2) is 4.73. The number of hydrogen-bond acceptors (Lipinski definition) is 4. The maximum atomic E-state index is 13.1. The monoisotopic (exact) mass is 235 g/mol. The van der Waals surface area contributed by atoms with Crippen molar-refractivity contribution in [3.05, 3.63) is 35.8 Å². The molecule has 6 heteroatoms. The van der Waals surface area contributed by atoms with E-state index in [1.165, 1.54) is 18.2 Å². The number of benzene rings is 1. The Morgan fingerprint density at radius 3 is 3.00 bits per heavy atom. The maximum absolute atomic E-state index is 13.1. The highest BCUT2D eigenvalue weighted by Gasteiger charge is 2.18. The molecule has 88 valence electrons. The Morgan fingerprint density at radius 1 is 1.47 bits per heavy atom. The van der Waals surface area contributed by atoms with Gasteiger partial charge in [0.2, 0.25) is 0 Å². The lowest BCUT2D eigenvalue weighted by molar-refractivity contribution is 0.0520. The first-order valence-corrected chi connectivity index (χ1v) is 5.06. The van der Waals surface area contributed by atoms with Crippen molar-refractivity contribution in [2.24, 2.45) is 0 Å². The van der Waals surface area contributed by atoms with E-state index in [9.17, 15) is 9.18 Å². The smallest absolute Gasteiger partial charge is 0.361 e. The zero-order valence-electron chi connectivity index (χ0n) is 9.11. The lowest BCUT2D eigenvalue weighted by atomic mass is 10.1. The van der Waals surface area contributed by atoms with Gasteiger partial charge in [0.15, 0.2) is 5.69 Å². The van der Waals surface area contributed by atoms with Crippen LogP contribution in [0.1, 0.15) is 17.4 Å². The second-order valence-electron chi connectivity index (χ2n) is 3.25. The predicted octanol–water partition coefficient (Wildman–Crippen LogP) is 1.79. The molecule has 5 nitrogen and oxygen atoms in total. The molecule has 0 saturated heterocycles. The topological polar surface area (TPSA) is 67.9 Å². The van der Waals surface area contributed by atoms with Crippen molar-refractivity contribution in [1.82, 2.24) is 15.4 Å². The van der Waals surface area contributed by atoms with Gasteiger partial charge in [-0.25, -0.2) is 9.18 Å². The molecule has 0 aliphatic carbocycles. The number of aromatic amines is 1. The third kappa shape index (κ3) is 2.30. The van der Waals surface area contributed by atoms with Crippen LogP contribution in [0.25, 0.3) is 11.3 Å². The van der Waals surface area contributed by atoms with Gasteiger partial charge in [0, 0.05) is 5.56 Å². The summed E-state index contributed by atoms with van der Waals surface area (Å²) in [7, 11) is 0. The Balaban J connectivity index is 2.40. The summed E-state index contributed by atoms with van der Waals surface area (Å²) in [5, 5.41) is 9.87. The number of rotatable bonds is 3. The number of ether oxygens (including phenoxy) is 1. The largest absolute Gasteiger partial charge is 0.461 e. The normalized spacial score (nSPS) is 10.2. The highest BCUT2D eigenvalue weighted by atomic mass is 19.1. The van der Waals surface area contributed by atoms with Crippen LogP contribution in [0.2, 0.25) is 0 Å². The first-order chi connectivity index (χ1) is 8.22. The van der Waals surface area contributed by atoms with Gasteiger partial charge < -0.3 is 4.74 Å². The van der Waals surface area contributed by atoms with E-state index < -0.39 is 11.8 Å². The number of carbonyl (C=O) groups is 1. The maximum Gasteiger partial charge on any atom is 0.361 e. The standard InChI is InChI=1S/C11H10FN3O2/c1-2-17-11(16)10-9(13-15-14-10)7-4-3-5-8(12)6-7/h3-6H,2H2,1H3,(H,13,14,15). The number of H-pyrrole nitrogens is 1. The lowest BCUT2D eigenvalue weighted by Gasteiger charge is -2.01. The van der Waals surface area contributed by atoms with Gasteiger partial charge in [-0.05, 0) is 19.1 Å². The molecule has 0 atom stereocenters. The molecule has 2 aromatic rings. The number of hydrogen-bond donors (Lipinski definition) is 1. The van der Waals surface area contributed by atoms with Crippen molar-refractivity contribution in [3.8, 4) is 11.3 Å². The van der Waals surface area contributed by atoms with E-state index in [4.69, 9.17) is 4.74 Å². The fourth-order valence-electron chi connectivity index (χ4n) is 1.41. The minimum atomic E-state index is -0.583. The van der Waals surface area contributed by atoms with Gasteiger partial charge >= 0.3 is 5.97 Å². The number of halogens is 1. The molecular weight excluding hydrogens is 225 g/mol. The minimum Gasteiger partial charge on any atom is -0.461 e. The number of carbonyl (C=O) groups excluding carboxylic acids is 1.